The first kappa shape index (κ1) is 16.5. The number of carbonyl (C=O) groups is 1. The third-order valence-electron chi connectivity index (χ3n) is 3.07. The lowest BCUT2D eigenvalue weighted by Gasteiger charge is -2.02. The number of rotatable bonds is 4. The highest BCUT2D eigenvalue weighted by atomic mass is 127. The Kier molecular flexibility index (Phi) is 4.81. The number of benzene rings is 2. The van der Waals surface area contributed by atoms with Crippen LogP contribution in [0.1, 0.15) is 10.4 Å². The molecule has 0 atom stereocenters. The smallest absolute Gasteiger partial charge is 0.270 e. The average Bonchev–Trinajstić information content (AvgIpc) is 3.04. The summed E-state index contributed by atoms with van der Waals surface area (Å²) in [6.45, 7) is 0. The summed E-state index contributed by atoms with van der Waals surface area (Å²) < 4.78 is 0.830. The number of nitrogens with zero attached hydrogens (tertiary/aromatic N) is 3. The lowest BCUT2D eigenvalue weighted by Crippen LogP contribution is -2.13. The molecule has 1 aromatic heterocycles. The number of non-ortho nitro benzene ring substituents is 1. The summed E-state index contributed by atoms with van der Waals surface area (Å²) in [7, 11) is 0. The van der Waals surface area contributed by atoms with E-state index < -0.39 is 4.92 Å². The summed E-state index contributed by atoms with van der Waals surface area (Å²) in [6, 6.07) is 13.3. The Hall–Kier alpha value is -2.40. The molecule has 120 valence electrons. The Morgan fingerprint density at radius 2 is 1.96 bits per heavy atom. The second-order valence-electron chi connectivity index (χ2n) is 4.65. The van der Waals surface area contributed by atoms with Crippen molar-refractivity contribution in [3.63, 3.8) is 0 Å². The molecule has 24 heavy (non-hydrogen) atoms. The number of carbonyl (C=O) groups excluding carboxylic acids is 1. The summed E-state index contributed by atoms with van der Waals surface area (Å²) in [4.78, 5) is 22.6. The van der Waals surface area contributed by atoms with Gasteiger partial charge in [-0.05, 0) is 34.7 Å². The van der Waals surface area contributed by atoms with Crippen LogP contribution in [0.2, 0.25) is 0 Å². The molecule has 0 saturated heterocycles. The number of nitro groups is 1. The molecule has 0 saturated carbocycles. The predicted molar refractivity (Wildman–Crippen MR) is 99.1 cm³/mol. The van der Waals surface area contributed by atoms with Crippen LogP contribution in [0.25, 0.3) is 10.6 Å². The van der Waals surface area contributed by atoms with Crippen molar-refractivity contribution in [1.82, 2.24) is 10.2 Å². The number of hydrogen-bond donors (Lipinski definition) is 1. The lowest BCUT2D eigenvalue weighted by molar-refractivity contribution is -0.384. The van der Waals surface area contributed by atoms with E-state index in [-0.39, 0.29) is 11.6 Å². The van der Waals surface area contributed by atoms with Gasteiger partial charge in [0.2, 0.25) is 5.13 Å². The van der Waals surface area contributed by atoms with E-state index in [0.29, 0.717) is 21.3 Å². The third-order valence-corrected chi connectivity index (χ3v) is 4.90. The number of nitrogens with one attached hydrogen (secondary N) is 1. The molecule has 0 bridgehead atoms. The van der Waals surface area contributed by atoms with Crippen LogP contribution in [0, 0.1) is 13.7 Å². The Bertz CT molecular complexity index is 928. The number of halogens is 1. The van der Waals surface area contributed by atoms with E-state index in [1.54, 1.807) is 24.3 Å². The van der Waals surface area contributed by atoms with Gasteiger partial charge in [-0.3, -0.25) is 20.2 Å². The molecule has 0 radical (unpaired) electrons. The average molecular weight is 452 g/mol. The quantitative estimate of drug-likeness (QED) is 0.367. The van der Waals surface area contributed by atoms with Crippen LogP contribution in [0.3, 0.4) is 0 Å². The van der Waals surface area contributed by atoms with Gasteiger partial charge in [-0.2, -0.15) is 0 Å². The van der Waals surface area contributed by atoms with Crippen LogP contribution in [0.4, 0.5) is 10.8 Å². The van der Waals surface area contributed by atoms with Gasteiger partial charge in [-0.25, -0.2) is 0 Å². The summed E-state index contributed by atoms with van der Waals surface area (Å²) >= 11 is 3.24. The normalized spacial score (nSPS) is 10.4. The van der Waals surface area contributed by atoms with Gasteiger partial charge in [0.25, 0.3) is 11.6 Å². The number of aromatic nitrogens is 2. The zero-order valence-electron chi connectivity index (χ0n) is 12.0. The van der Waals surface area contributed by atoms with Crippen molar-refractivity contribution in [2.75, 3.05) is 5.32 Å². The zero-order valence-corrected chi connectivity index (χ0v) is 14.9. The Morgan fingerprint density at radius 3 is 2.71 bits per heavy atom. The highest BCUT2D eigenvalue weighted by Gasteiger charge is 2.14. The van der Waals surface area contributed by atoms with Crippen LogP contribution in [0.5, 0.6) is 0 Å². The van der Waals surface area contributed by atoms with Crippen molar-refractivity contribution in [2.24, 2.45) is 0 Å². The summed E-state index contributed by atoms with van der Waals surface area (Å²) in [6.07, 6.45) is 0. The minimum atomic E-state index is -0.468. The molecular weight excluding hydrogens is 443 g/mol. The third kappa shape index (κ3) is 3.57. The fraction of sp³-hybridized carbons (Fsp3) is 0. The fourth-order valence-electron chi connectivity index (χ4n) is 1.95. The molecule has 1 amide bonds. The molecule has 0 aliphatic rings. The Labute approximate surface area is 154 Å². The molecule has 3 rings (SSSR count). The second-order valence-corrected chi connectivity index (χ2v) is 6.79. The van der Waals surface area contributed by atoms with E-state index >= 15 is 0 Å². The first-order chi connectivity index (χ1) is 11.5. The standard InChI is InChI=1S/C15H9IN4O3S/c16-12-7-2-1-6-11(12)13(21)17-15-19-18-14(24-15)9-4-3-5-10(8-9)20(22)23/h1-8H,(H,17,19,21). The van der Waals surface area contributed by atoms with Crippen LogP contribution in [-0.2, 0) is 0 Å². The van der Waals surface area contributed by atoms with Gasteiger partial charge >= 0.3 is 0 Å². The lowest BCUT2D eigenvalue weighted by atomic mass is 10.2. The van der Waals surface area contributed by atoms with Crippen LogP contribution in [0.15, 0.2) is 48.5 Å². The fourth-order valence-corrected chi connectivity index (χ4v) is 3.32. The highest BCUT2D eigenvalue weighted by molar-refractivity contribution is 14.1. The first-order valence-electron chi connectivity index (χ1n) is 6.69. The SMILES string of the molecule is O=C(Nc1nnc(-c2cccc([N+](=O)[O-])c2)s1)c1ccccc1I. The van der Waals surface area contributed by atoms with Crippen molar-refractivity contribution in [3.8, 4) is 10.6 Å². The Morgan fingerprint density at radius 1 is 1.17 bits per heavy atom. The van der Waals surface area contributed by atoms with E-state index in [2.05, 4.69) is 38.1 Å². The van der Waals surface area contributed by atoms with Crippen LogP contribution >= 0.6 is 33.9 Å². The van der Waals surface area contributed by atoms with Crippen molar-refractivity contribution >= 4 is 50.7 Å². The van der Waals surface area contributed by atoms with Crippen molar-refractivity contribution in [3.05, 3.63) is 67.8 Å². The van der Waals surface area contributed by atoms with Gasteiger partial charge in [-0.1, -0.05) is 35.6 Å². The summed E-state index contributed by atoms with van der Waals surface area (Å²) in [5.74, 6) is -0.276. The number of nitro benzene ring substituents is 1. The highest BCUT2D eigenvalue weighted by Crippen LogP contribution is 2.29. The molecular formula is C15H9IN4O3S. The van der Waals surface area contributed by atoms with Crippen LogP contribution in [-0.4, -0.2) is 21.0 Å². The van der Waals surface area contributed by atoms with E-state index in [1.807, 2.05) is 12.1 Å². The largest absolute Gasteiger partial charge is 0.296 e. The maximum Gasteiger partial charge on any atom is 0.270 e. The molecule has 2 aromatic carbocycles. The van der Waals surface area contributed by atoms with Crippen LogP contribution < -0.4 is 5.32 Å². The Balaban J connectivity index is 1.81. The molecule has 3 aromatic rings. The minimum Gasteiger partial charge on any atom is -0.296 e. The first-order valence-corrected chi connectivity index (χ1v) is 8.58. The number of amides is 1. The summed E-state index contributed by atoms with van der Waals surface area (Å²) in [5.41, 5.74) is 1.11. The molecule has 0 unspecified atom stereocenters. The maximum absolute atomic E-state index is 12.3. The monoisotopic (exact) mass is 452 g/mol. The molecule has 0 fully saturated rings. The topological polar surface area (TPSA) is 98.0 Å². The molecule has 0 spiro atoms. The van der Waals surface area contributed by atoms with Gasteiger partial charge < -0.3 is 0 Å². The van der Waals surface area contributed by atoms with Crippen molar-refractivity contribution < 1.29 is 9.72 Å². The van der Waals surface area contributed by atoms with E-state index in [0.717, 1.165) is 14.9 Å². The van der Waals surface area contributed by atoms with E-state index in [1.165, 1.54) is 12.1 Å². The zero-order chi connectivity index (χ0) is 17.1. The number of anilines is 1. The van der Waals surface area contributed by atoms with E-state index in [4.69, 9.17) is 0 Å². The minimum absolute atomic E-state index is 0.0212. The van der Waals surface area contributed by atoms with Gasteiger partial charge in [0.05, 0.1) is 10.5 Å². The van der Waals surface area contributed by atoms with Crippen molar-refractivity contribution in [1.29, 1.82) is 0 Å². The van der Waals surface area contributed by atoms with Gasteiger partial charge in [0, 0.05) is 21.3 Å². The molecule has 9 heteroatoms. The molecule has 1 N–H and O–H groups in total. The molecule has 1 heterocycles. The van der Waals surface area contributed by atoms with Crippen molar-refractivity contribution in [2.45, 2.75) is 0 Å². The van der Waals surface area contributed by atoms with Gasteiger partial charge in [0.1, 0.15) is 5.01 Å². The summed E-state index contributed by atoms with van der Waals surface area (Å²) in [5, 5.41) is 22.3. The van der Waals surface area contributed by atoms with Gasteiger partial charge in [0.15, 0.2) is 0 Å². The molecule has 7 nitrogen and oxygen atoms in total. The maximum atomic E-state index is 12.3. The number of hydrogen-bond acceptors (Lipinski definition) is 6. The predicted octanol–water partition coefficient (Wildman–Crippen LogP) is 3.97. The second kappa shape index (κ2) is 7.01. The molecule has 0 aliphatic carbocycles. The van der Waals surface area contributed by atoms with E-state index in [9.17, 15) is 14.9 Å². The van der Waals surface area contributed by atoms with Gasteiger partial charge in [-0.15, -0.1) is 10.2 Å². The molecule has 0 aliphatic heterocycles.